The van der Waals surface area contributed by atoms with Gasteiger partial charge < -0.3 is 5.11 Å². The molecule has 1 aliphatic carbocycles. The Morgan fingerprint density at radius 1 is 1.11 bits per heavy atom. The van der Waals surface area contributed by atoms with Crippen molar-refractivity contribution in [1.29, 1.82) is 0 Å². The van der Waals surface area contributed by atoms with Gasteiger partial charge in [-0.1, -0.05) is 53.5 Å². The van der Waals surface area contributed by atoms with Crippen LogP contribution < -0.4 is 0 Å². The quantitative estimate of drug-likeness (QED) is 0.649. The lowest BCUT2D eigenvalue weighted by atomic mass is 10.0. The summed E-state index contributed by atoms with van der Waals surface area (Å²) < 4.78 is 0. The molecule has 4 rings (SSSR count). The van der Waals surface area contributed by atoms with Gasteiger partial charge >= 0.3 is 0 Å². The van der Waals surface area contributed by atoms with Crippen LogP contribution >= 0.6 is 23.2 Å². The van der Waals surface area contributed by atoms with Gasteiger partial charge in [-0.3, -0.25) is 4.79 Å². The summed E-state index contributed by atoms with van der Waals surface area (Å²) in [6.45, 7) is 0. The topological polar surface area (TPSA) is 75.4 Å². The zero-order chi connectivity index (χ0) is 19.7. The van der Waals surface area contributed by atoms with E-state index in [-0.39, 0.29) is 11.6 Å². The minimum absolute atomic E-state index is 0.160. The van der Waals surface area contributed by atoms with E-state index in [1.54, 1.807) is 24.3 Å². The fraction of sp³-hybridized carbons (Fsp3) is 0.143. The van der Waals surface area contributed by atoms with E-state index in [1.165, 1.54) is 12.5 Å². The minimum Gasteiger partial charge on any atom is -0.392 e. The summed E-state index contributed by atoms with van der Waals surface area (Å²) in [6, 6.07) is 14.4. The SMILES string of the molecule is O=C(N=CC1c2ccccc2C[C@H]1O)c1cc(-c2ccc(Cl)c(Cl)c2)ncn1. The van der Waals surface area contributed by atoms with Crippen LogP contribution in [0.2, 0.25) is 10.0 Å². The number of halogens is 2. The van der Waals surface area contributed by atoms with E-state index in [9.17, 15) is 9.90 Å². The molecule has 0 aliphatic heterocycles. The number of aliphatic hydroxyl groups is 1. The second-order valence-electron chi connectivity index (χ2n) is 6.50. The zero-order valence-corrected chi connectivity index (χ0v) is 16.1. The summed E-state index contributed by atoms with van der Waals surface area (Å²) in [7, 11) is 0. The largest absolute Gasteiger partial charge is 0.392 e. The molecule has 0 spiro atoms. The molecule has 28 heavy (non-hydrogen) atoms. The average Bonchev–Trinajstić information content (AvgIpc) is 3.03. The molecule has 1 heterocycles. The maximum absolute atomic E-state index is 12.5. The number of carbonyl (C=O) groups excluding carboxylic acids is 1. The molecule has 0 bridgehead atoms. The average molecular weight is 412 g/mol. The molecule has 2 atom stereocenters. The monoisotopic (exact) mass is 411 g/mol. The molecule has 1 N–H and O–H groups in total. The van der Waals surface area contributed by atoms with E-state index in [0.717, 1.165) is 16.7 Å². The van der Waals surface area contributed by atoms with Crippen molar-refractivity contribution in [2.24, 2.45) is 4.99 Å². The fourth-order valence-electron chi connectivity index (χ4n) is 3.29. The van der Waals surface area contributed by atoms with Gasteiger partial charge in [-0.25, -0.2) is 15.0 Å². The van der Waals surface area contributed by atoms with Crippen LogP contribution in [0.5, 0.6) is 0 Å². The van der Waals surface area contributed by atoms with E-state index in [1.807, 2.05) is 24.3 Å². The van der Waals surface area contributed by atoms with Crippen LogP contribution in [0.15, 0.2) is 59.9 Å². The molecule has 1 aliphatic rings. The zero-order valence-electron chi connectivity index (χ0n) is 14.6. The lowest BCUT2D eigenvalue weighted by Gasteiger charge is -2.09. The number of benzene rings is 2. The fourth-order valence-corrected chi connectivity index (χ4v) is 3.58. The van der Waals surface area contributed by atoms with Gasteiger partial charge in [0.25, 0.3) is 5.91 Å². The van der Waals surface area contributed by atoms with Crippen LogP contribution in [-0.2, 0) is 6.42 Å². The predicted octanol–water partition coefficient (Wildman–Crippen LogP) is 4.36. The molecular weight excluding hydrogens is 397 g/mol. The van der Waals surface area contributed by atoms with Gasteiger partial charge in [-0.2, -0.15) is 0 Å². The summed E-state index contributed by atoms with van der Waals surface area (Å²) in [5.74, 6) is -0.808. The van der Waals surface area contributed by atoms with E-state index >= 15 is 0 Å². The maximum Gasteiger partial charge on any atom is 0.295 e. The Labute approximate surface area is 171 Å². The molecule has 2 aromatic carbocycles. The molecule has 3 aromatic rings. The van der Waals surface area contributed by atoms with Crippen LogP contribution in [0.25, 0.3) is 11.3 Å². The highest BCUT2D eigenvalue weighted by Crippen LogP contribution is 2.32. The van der Waals surface area contributed by atoms with Gasteiger partial charge in [-0.15, -0.1) is 0 Å². The number of nitrogens with zero attached hydrogens (tertiary/aromatic N) is 3. The van der Waals surface area contributed by atoms with Gasteiger partial charge in [0.05, 0.1) is 21.8 Å². The van der Waals surface area contributed by atoms with Crippen molar-refractivity contribution in [3.8, 4) is 11.3 Å². The number of fused-ring (bicyclic) bond motifs is 1. The van der Waals surface area contributed by atoms with Crippen molar-refractivity contribution in [2.45, 2.75) is 18.4 Å². The Morgan fingerprint density at radius 2 is 1.93 bits per heavy atom. The third-order valence-corrected chi connectivity index (χ3v) is 5.45. The van der Waals surface area contributed by atoms with Crippen molar-refractivity contribution in [2.75, 3.05) is 0 Å². The van der Waals surface area contributed by atoms with Crippen LogP contribution in [0.1, 0.15) is 27.5 Å². The molecule has 0 saturated heterocycles. The van der Waals surface area contributed by atoms with Gasteiger partial charge in [0.15, 0.2) is 0 Å². The van der Waals surface area contributed by atoms with Crippen LogP contribution in [-0.4, -0.2) is 33.3 Å². The molecule has 7 heteroatoms. The molecule has 5 nitrogen and oxygen atoms in total. The number of hydrogen-bond acceptors (Lipinski definition) is 4. The smallest absolute Gasteiger partial charge is 0.295 e. The summed E-state index contributed by atoms with van der Waals surface area (Å²) in [6.07, 6.45) is 2.77. The third-order valence-electron chi connectivity index (χ3n) is 4.71. The number of rotatable bonds is 3. The number of hydrogen-bond donors (Lipinski definition) is 1. The van der Waals surface area contributed by atoms with Crippen molar-refractivity contribution in [3.05, 3.63) is 81.7 Å². The third kappa shape index (κ3) is 3.69. The molecule has 1 unspecified atom stereocenters. The highest BCUT2D eigenvalue weighted by Gasteiger charge is 2.29. The van der Waals surface area contributed by atoms with Crippen LogP contribution in [0.3, 0.4) is 0 Å². The molecule has 0 radical (unpaired) electrons. The van der Waals surface area contributed by atoms with Crippen molar-refractivity contribution in [3.63, 3.8) is 0 Å². The van der Waals surface area contributed by atoms with E-state index < -0.39 is 12.0 Å². The van der Waals surface area contributed by atoms with E-state index in [4.69, 9.17) is 23.2 Å². The second-order valence-corrected chi connectivity index (χ2v) is 7.31. The first-order valence-corrected chi connectivity index (χ1v) is 9.40. The summed E-state index contributed by atoms with van der Waals surface area (Å²) in [4.78, 5) is 24.7. The Hall–Kier alpha value is -2.60. The van der Waals surface area contributed by atoms with Gasteiger partial charge in [0, 0.05) is 17.7 Å². The van der Waals surface area contributed by atoms with E-state index in [2.05, 4.69) is 15.0 Å². The van der Waals surface area contributed by atoms with Gasteiger partial charge in [-0.05, 0) is 35.7 Å². The Balaban J connectivity index is 1.57. The van der Waals surface area contributed by atoms with E-state index in [0.29, 0.717) is 22.2 Å². The highest BCUT2D eigenvalue weighted by atomic mass is 35.5. The first-order chi connectivity index (χ1) is 13.5. The first-order valence-electron chi connectivity index (χ1n) is 8.65. The molecule has 1 amide bonds. The second kappa shape index (κ2) is 7.80. The maximum atomic E-state index is 12.5. The number of amides is 1. The van der Waals surface area contributed by atoms with Crippen LogP contribution in [0.4, 0.5) is 0 Å². The summed E-state index contributed by atoms with van der Waals surface area (Å²) in [5.41, 5.74) is 3.48. The summed E-state index contributed by atoms with van der Waals surface area (Å²) in [5, 5.41) is 11.1. The standard InChI is InChI=1S/C21H15Cl2N3O2/c22-16-6-5-13(7-17(16)23)18-9-19(26-11-25-18)21(28)24-10-15-14-4-2-1-3-12(14)8-20(15)27/h1-7,9-11,15,20,27H,8H2/t15?,20-/m1/s1. The number of aromatic nitrogens is 2. The lowest BCUT2D eigenvalue weighted by Crippen LogP contribution is -2.15. The first kappa shape index (κ1) is 18.7. The number of aliphatic hydroxyl groups excluding tert-OH is 1. The lowest BCUT2D eigenvalue weighted by molar-refractivity contribution is 0.0998. The molecule has 1 aromatic heterocycles. The van der Waals surface area contributed by atoms with Crippen molar-refractivity contribution < 1.29 is 9.90 Å². The Kier molecular flexibility index (Phi) is 5.22. The summed E-state index contributed by atoms with van der Waals surface area (Å²) >= 11 is 12.0. The molecular formula is C21H15Cl2N3O2. The normalized spacial score (nSPS) is 18.4. The minimum atomic E-state index is -0.592. The molecule has 140 valence electrons. The number of aliphatic imine (C=N–C) groups is 1. The van der Waals surface area contributed by atoms with Crippen molar-refractivity contribution >= 4 is 35.3 Å². The number of carbonyl (C=O) groups is 1. The van der Waals surface area contributed by atoms with Crippen molar-refractivity contribution in [1.82, 2.24) is 9.97 Å². The Morgan fingerprint density at radius 3 is 2.75 bits per heavy atom. The van der Waals surface area contributed by atoms with Crippen LogP contribution in [0, 0.1) is 0 Å². The Bertz CT molecular complexity index is 1080. The molecule has 0 saturated carbocycles. The molecule has 0 fully saturated rings. The van der Waals surface area contributed by atoms with Gasteiger partial charge in [0.1, 0.15) is 12.0 Å². The highest BCUT2D eigenvalue weighted by molar-refractivity contribution is 6.42. The van der Waals surface area contributed by atoms with Gasteiger partial charge in [0.2, 0.25) is 0 Å². The predicted molar refractivity (Wildman–Crippen MR) is 109 cm³/mol.